The molecule has 2 spiro atoms. The van der Waals surface area contributed by atoms with Crippen LogP contribution in [0.4, 0.5) is 0 Å². The lowest BCUT2D eigenvalue weighted by molar-refractivity contribution is -0.438. The number of carbonyl (C=O) groups excluding carboxylic acids is 2. The van der Waals surface area contributed by atoms with Gasteiger partial charge in [-0.2, -0.15) is 0 Å². The van der Waals surface area contributed by atoms with Crippen LogP contribution in [-0.4, -0.2) is 68.5 Å². The summed E-state index contributed by atoms with van der Waals surface area (Å²) < 4.78 is 26.3. The maximum absolute atomic E-state index is 13.5. The SMILES string of the molecule is C[C@@H]1CC[C@H]2C3C(O[C@]4([C@]5(O)CC6(C)C(=O)O[C@@H]5C[C@@]6(C)O)CC[C@@]31O4)[C@H]1O[C@]13CC=CC(=O)[C@]23C. The number of esters is 1. The van der Waals surface area contributed by atoms with Crippen molar-refractivity contribution in [2.75, 3.05) is 0 Å². The average molecular weight is 501 g/mol. The van der Waals surface area contributed by atoms with E-state index < -0.39 is 51.1 Å². The second-order valence-electron chi connectivity index (χ2n) is 13.9. The van der Waals surface area contributed by atoms with Gasteiger partial charge >= 0.3 is 5.97 Å². The summed E-state index contributed by atoms with van der Waals surface area (Å²) in [5.74, 6) is -1.42. The number of epoxide rings is 1. The predicted octanol–water partition coefficient (Wildman–Crippen LogP) is 2.19. The molecule has 196 valence electrons. The first-order valence-corrected chi connectivity index (χ1v) is 13.7. The standard InChI is InChI=1S/C28H36O8/c1-14-7-8-15-18-19(20-27(35-20)9-5-6-16(29)24(15,27)4)34-28(11-10-25(14,18)36-28)26(32)13-22(2)21(30)33-17(26)12-23(22,3)31/h5-6,14-15,17-20,31-32H,7-13H2,1-4H3/t14-,15+,17-,18?,19?,20-,22?,23-,24+,25+,26+,27-,28-/m1/s1. The molecule has 4 aliphatic carbocycles. The van der Waals surface area contributed by atoms with Crippen LogP contribution in [0.1, 0.15) is 72.6 Å². The quantitative estimate of drug-likeness (QED) is 0.416. The summed E-state index contributed by atoms with van der Waals surface area (Å²) in [5.41, 5.74) is -5.89. The third-order valence-electron chi connectivity index (χ3n) is 12.8. The molecule has 9 rings (SSSR count). The highest BCUT2D eigenvalue weighted by atomic mass is 16.8. The molecule has 9 aliphatic rings. The van der Waals surface area contributed by atoms with Crippen molar-refractivity contribution in [2.45, 2.75) is 119 Å². The number of aliphatic hydroxyl groups is 2. The number of ether oxygens (including phenoxy) is 4. The Morgan fingerprint density at radius 2 is 1.83 bits per heavy atom. The predicted molar refractivity (Wildman–Crippen MR) is 123 cm³/mol. The number of allylic oxidation sites excluding steroid dienone is 1. The molecule has 3 unspecified atom stereocenters. The molecule has 5 saturated heterocycles. The Hall–Kier alpha value is -1.32. The van der Waals surface area contributed by atoms with Gasteiger partial charge in [-0.05, 0) is 64.4 Å². The highest BCUT2D eigenvalue weighted by Crippen LogP contribution is 2.75. The maximum atomic E-state index is 13.5. The summed E-state index contributed by atoms with van der Waals surface area (Å²) in [4.78, 5) is 26.3. The van der Waals surface area contributed by atoms with Crippen LogP contribution >= 0.6 is 0 Å². The topological polar surface area (TPSA) is 115 Å². The molecule has 13 atom stereocenters. The van der Waals surface area contributed by atoms with Gasteiger partial charge in [-0.3, -0.25) is 9.59 Å². The lowest BCUT2D eigenvalue weighted by Crippen LogP contribution is -2.80. The molecule has 3 saturated carbocycles. The van der Waals surface area contributed by atoms with E-state index in [4.69, 9.17) is 18.9 Å². The Kier molecular flexibility index (Phi) is 3.75. The van der Waals surface area contributed by atoms with E-state index in [1.54, 1.807) is 19.9 Å². The minimum absolute atomic E-state index is 0.0106. The lowest BCUT2D eigenvalue weighted by atomic mass is 9.45. The fourth-order valence-corrected chi connectivity index (χ4v) is 10.3. The summed E-state index contributed by atoms with van der Waals surface area (Å²) in [6.07, 6.45) is 6.05. The third kappa shape index (κ3) is 2.01. The van der Waals surface area contributed by atoms with Crippen LogP contribution in [-0.2, 0) is 28.5 Å². The fourth-order valence-electron chi connectivity index (χ4n) is 10.3. The second-order valence-corrected chi connectivity index (χ2v) is 13.9. The molecule has 8 heteroatoms. The van der Waals surface area contributed by atoms with E-state index in [-0.39, 0.29) is 48.6 Å². The highest BCUT2D eigenvalue weighted by Gasteiger charge is 2.87. The zero-order valence-corrected chi connectivity index (χ0v) is 21.4. The van der Waals surface area contributed by atoms with E-state index in [1.807, 2.05) is 6.08 Å². The van der Waals surface area contributed by atoms with E-state index in [2.05, 4.69) is 13.8 Å². The molecule has 8 nitrogen and oxygen atoms in total. The monoisotopic (exact) mass is 500 g/mol. The Morgan fingerprint density at radius 1 is 1.06 bits per heavy atom. The van der Waals surface area contributed by atoms with Gasteiger partial charge in [-0.25, -0.2) is 0 Å². The Morgan fingerprint density at radius 3 is 2.58 bits per heavy atom. The molecular weight excluding hydrogens is 464 g/mol. The molecule has 36 heavy (non-hydrogen) atoms. The van der Waals surface area contributed by atoms with Gasteiger partial charge in [0.2, 0.25) is 5.79 Å². The Balaban J connectivity index is 1.26. The molecule has 4 bridgehead atoms. The normalized spacial score (nSPS) is 65.9. The lowest BCUT2D eigenvalue weighted by Gasteiger charge is -2.67. The smallest absolute Gasteiger partial charge is 0.315 e. The van der Waals surface area contributed by atoms with E-state index in [0.29, 0.717) is 19.3 Å². The van der Waals surface area contributed by atoms with Crippen molar-refractivity contribution in [3.63, 3.8) is 0 Å². The molecule has 2 N–H and O–H groups in total. The number of ketones is 1. The summed E-state index contributed by atoms with van der Waals surface area (Å²) in [6, 6.07) is 0. The first kappa shape index (κ1) is 22.6. The molecule has 0 amide bonds. The summed E-state index contributed by atoms with van der Waals surface area (Å²) in [5, 5.41) is 23.6. The van der Waals surface area contributed by atoms with Gasteiger partial charge < -0.3 is 29.2 Å². The maximum Gasteiger partial charge on any atom is 0.315 e. The highest BCUT2D eigenvalue weighted by molar-refractivity contribution is 5.98. The third-order valence-corrected chi connectivity index (χ3v) is 12.8. The first-order valence-electron chi connectivity index (χ1n) is 13.7. The van der Waals surface area contributed by atoms with Crippen molar-refractivity contribution in [1.29, 1.82) is 0 Å². The van der Waals surface area contributed by atoms with Gasteiger partial charge in [-0.1, -0.05) is 13.0 Å². The molecular formula is C28H36O8. The fraction of sp³-hybridized carbons (Fsp3) is 0.857. The molecule has 8 fully saturated rings. The first-order chi connectivity index (χ1) is 16.8. The number of carbonyl (C=O) groups is 2. The van der Waals surface area contributed by atoms with Crippen LogP contribution in [0.3, 0.4) is 0 Å². The minimum Gasteiger partial charge on any atom is -0.458 e. The van der Waals surface area contributed by atoms with Gasteiger partial charge in [-0.15, -0.1) is 0 Å². The van der Waals surface area contributed by atoms with Crippen LogP contribution in [0.15, 0.2) is 12.2 Å². The number of fused-ring (bicyclic) bond motifs is 7. The van der Waals surface area contributed by atoms with Crippen LogP contribution in [0.2, 0.25) is 0 Å². The van der Waals surface area contributed by atoms with Gasteiger partial charge in [0.15, 0.2) is 11.4 Å². The van der Waals surface area contributed by atoms with E-state index in [1.165, 1.54) is 0 Å². The molecule has 5 heterocycles. The zero-order chi connectivity index (χ0) is 25.3. The number of hydrogen-bond donors (Lipinski definition) is 2. The molecule has 5 aliphatic heterocycles. The van der Waals surface area contributed by atoms with Gasteiger partial charge in [0.05, 0.1) is 28.1 Å². The molecule has 0 radical (unpaired) electrons. The average Bonchev–Trinajstić information content (AvgIpc) is 3.46. The van der Waals surface area contributed by atoms with Crippen molar-refractivity contribution < 1.29 is 38.7 Å². The van der Waals surface area contributed by atoms with Crippen LogP contribution in [0.5, 0.6) is 0 Å². The second kappa shape index (κ2) is 5.96. The van der Waals surface area contributed by atoms with Gasteiger partial charge in [0.1, 0.15) is 17.8 Å². The Labute approximate surface area is 210 Å². The van der Waals surface area contributed by atoms with Crippen molar-refractivity contribution in [2.24, 2.45) is 28.6 Å². The van der Waals surface area contributed by atoms with Crippen LogP contribution in [0, 0.1) is 28.6 Å². The summed E-state index contributed by atoms with van der Waals surface area (Å²) in [6.45, 7) is 7.64. The van der Waals surface area contributed by atoms with E-state index in [0.717, 1.165) is 12.8 Å². The van der Waals surface area contributed by atoms with Crippen molar-refractivity contribution in [3.05, 3.63) is 12.2 Å². The zero-order valence-electron chi connectivity index (χ0n) is 21.4. The molecule has 0 aromatic rings. The van der Waals surface area contributed by atoms with Gasteiger partial charge in [0, 0.05) is 25.2 Å². The van der Waals surface area contributed by atoms with Crippen LogP contribution in [0.25, 0.3) is 0 Å². The number of hydrogen-bond acceptors (Lipinski definition) is 8. The molecule has 0 aromatic carbocycles. The van der Waals surface area contributed by atoms with Crippen molar-refractivity contribution in [1.82, 2.24) is 0 Å². The molecule has 0 aromatic heterocycles. The van der Waals surface area contributed by atoms with Crippen molar-refractivity contribution >= 4 is 11.8 Å². The van der Waals surface area contributed by atoms with E-state index in [9.17, 15) is 19.8 Å². The largest absolute Gasteiger partial charge is 0.458 e. The summed E-state index contributed by atoms with van der Waals surface area (Å²) >= 11 is 0. The van der Waals surface area contributed by atoms with Crippen LogP contribution < -0.4 is 0 Å². The summed E-state index contributed by atoms with van der Waals surface area (Å²) in [7, 11) is 0. The number of rotatable bonds is 1. The van der Waals surface area contributed by atoms with Crippen molar-refractivity contribution in [3.8, 4) is 0 Å². The van der Waals surface area contributed by atoms with Gasteiger partial charge in [0.25, 0.3) is 0 Å². The minimum atomic E-state index is -1.59. The van der Waals surface area contributed by atoms with E-state index >= 15 is 0 Å². The Bertz CT molecular complexity index is 1150.